The number of amides is 2. The second kappa shape index (κ2) is 7.39. The van der Waals surface area contributed by atoms with Gasteiger partial charge in [0.2, 0.25) is 0 Å². The molecule has 0 atom stereocenters. The summed E-state index contributed by atoms with van der Waals surface area (Å²) in [4.78, 5) is 12.6. The minimum Gasteiger partial charge on any atom is -0.384 e. The maximum Gasteiger partial charge on any atom is 0.329 e. The van der Waals surface area contributed by atoms with E-state index in [4.69, 9.17) is 0 Å². The van der Waals surface area contributed by atoms with Gasteiger partial charge in [0.05, 0.1) is 17.3 Å². The Labute approximate surface area is 174 Å². The maximum absolute atomic E-state index is 12.6. The molecule has 7 nitrogen and oxygen atoms in total. The molecule has 2 aliphatic carbocycles. The number of nitrogens with zero attached hydrogens (tertiary/aromatic N) is 3. The van der Waals surface area contributed by atoms with Crippen LogP contribution in [0.15, 0.2) is 11.1 Å². The number of benzene rings is 1. The number of carbonyl (C=O) groups excluding carboxylic acids is 1. The summed E-state index contributed by atoms with van der Waals surface area (Å²) in [6.45, 7) is 3.40. The molecule has 0 spiro atoms. The predicted octanol–water partition coefficient (Wildman–Crippen LogP) is 3.33. The van der Waals surface area contributed by atoms with E-state index in [1.165, 1.54) is 0 Å². The van der Waals surface area contributed by atoms with Crippen molar-refractivity contribution in [3.05, 3.63) is 39.6 Å². The van der Waals surface area contributed by atoms with Gasteiger partial charge in [0.1, 0.15) is 10.6 Å². The molecule has 0 bridgehead atoms. The summed E-state index contributed by atoms with van der Waals surface area (Å²) >= 11 is 1.12. The van der Waals surface area contributed by atoms with Crippen molar-refractivity contribution in [3.63, 3.8) is 0 Å². The Balaban J connectivity index is 1.53. The van der Waals surface area contributed by atoms with Crippen LogP contribution in [0.25, 0.3) is 0 Å². The minimum atomic E-state index is -1.01. The monoisotopic (exact) mass is 411 g/mol. The number of carbonyl (C=O) groups is 1. The fourth-order valence-electron chi connectivity index (χ4n) is 4.54. The smallest absolute Gasteiger partial charge is 0.329 e. The van der Waals surface area contributed by atoms with Crippen molar-refractivity contribution in [1.82, 2.24) is 14.5 Å². The normalized spacial score (nSPS) is 15.0. The number of aliphatic hydroxyl groups is 1. The molecular formula is C21H25N5O2S. The van der Waals surface area contributed by atoms with E-state index >= 15 is 0 Å². The van der Waals surface area contributed by atoms with Crippen molar-refractivity contribution >= 4 is 23.7 Å². The van der Waals surface area contributed by atoms with E-state index in [0.717, 1.165) is 84.0 Å². The van der Waals surface area contributed by atoms with E-state index in [2.05, 4.69) is 21.2 Å². The number of nitrogens with one attached hydrogen (secondary N) is 2. The summed E-state index contributed by atoms with van der Waals surface area (Å²) in [5.74, 6) is 0. The van der Waals surface area contributed by atoms with Gasteiger partial charge in [0.25, 0.3) is 0 Å². The first-order valence-corrected chi connectivity index (χ1v) is 10.7. The summed E-state index contributed by atoms with van der Waals surface area (Å²) < 4.78 is 4.41. The standard InChI is InChI=1S/C21H25N5O2S/c1-21(2,28)17-10-18(24-26(17)3)29-25-20(27)23-19-14-8-4-6-12(14)16(11-22)13-7-5-9-15(13)19/h10,28H,4-9H2,1-3H3,(H2,23,25,27). The first-order valence-electron chi connectivity index (χ1n) is 9.90. The van der Waals surface area contributed by atoms with E-state index < -0.39 is 5.60 Å². The third kappa shape index (κ3) is 3.61. The Morgan fingerprint density at radius 2 is 1.79 bits per heavy atom. The van der Waals surface area contributed by atoms with E-state index in [0.29, 0.717) is 10.7 Å². The fourth-order valence-corrected chi connectivity index (χ4v) is 5.12. The van der Waals surface area contributed by atoms with Gasteiger partial charge in [-0.15, -0.1) is 0 Å². The molecule has 0 radical (unpaired) electrons. The zero-order valence-electron chi connectivity index (χ0n) is 16.9. The lowest BCUT2D eigenvalue weighted by Crippen LogP contribution is -2.24. The van der Waals surface area contributed by atoms with E-state index in [1.54, 1.807) is 31.6 Å². The van der Waals surface area contributed by atoms with Crippen molar-refractivity contribution in [3.8, 4) is 6.07 Å². The highest BCUT2D eigenvalue weighted by Crippen LogP contribution is 2.41. The van der Waals surface area contributed by atoms with E-state index in [1.807, 2.05) is 0 Å². The van der Waals surface area contributed by atoms with Crippen LogP contribution in [0.1, 0.15) is 60.2 Å². The van der Waals surface area contributed by atoms with Gasteiger partial charge >= 0.3 is 6.03 Å². The number of nitriles is 1. The maximum atomic E-state index is 12.6. The lowest BCUT2D eigenvalue weighted by molar-refractivity contribution is 0.0695. The molecular weight excluding hydrogens is 386 g/mol. The highest BCUT2D eigenvalue weighted by atomic mass is 32.2. The summed E-state index contributed by atoms with van der Waals surface area (Å²) in [5.41, 5.74) is 5.91. The number of fused-ring (bicyclic) bond motifs is 2. The van der Waals surface area contributed by atoms with Gasteiger partial charge in [-0.3, -0.25) is 9.40 Å². The molecule has 3 N–H and O–H groups in total. The van der Waals surface area contributed by atoms with Crippen LogP contribution in [-0.4, -0.2) is 20.9 Å². The average Bonchev–Trinajstić information content (AvgIpc) is 3.38. The Morgan fingerprint density at radius 1 is 1.21 bits per heavy atom. The highest BCUT2D eigenvalue weighted by Gasteiger charge is 2.29. The van der Waals surface area contributed by atoms with Gasteiger partial charge in [-0.25, -0.2) is 4.79 Å². The van der Waals surface area contributed by atoms with E-state index in [-0.39, 0.29) is 6.03 Å². The van der Waals surface area contributed by atoms with Crippen molar-refractivity contribution in [2.45, 2.75) is 63.0 Å². The van der Waals surface area contributed by atoms with Crippen LogP contribution in [0.3, 0.4) is 0 Å². The third-order valence-electron chi connectivity index (χ3n) is 5.73. The number of hydrogen-bond donors (Lipinski definition) is 3. The molecule has 29 heavy (non-hydrogen) atoms. The zero-order chi connectivity index (χ0) is 20.8. The molecule has 2 amide bonds. The van der Waals surface area contributed by atoms with Crippen molar-refractivity contribution < 1.29 is 9.90 Å². The summed E-state index contributed by atoms with van der Waals surface area (Å²) in [5, 5.41) is 27.8. The topological polar surface area (TPSA) is 103 Å². The fraction of sp³-hybridized carbons (Fsp3) is 0.476. The SMILES string of the molecule is Cn1nc(SNC(=O)Nc2c3c(c(C#N)c4c2CCC4)CCC3)cc1C(C)(C)O. The van der Waals surface area contributed by atoms with Gasteiger partial charge in [-0.2, -0.15) is 10.4 Å². The van der Waals surface area contributed by atoms with Crippen molar-refractivity contribution in [2.24, 2.45) is 7.05 Å². The van der Waals surface area contributed by atoms with Gasteiger partial charge in [0, 0.05) is 24.7 Å². The first kappa shape index (κ1) is 19.8. The molecule has 8 heteroatoms. The van der Waals surface area contributed by atoms with Crippen LogP contribution in [0.5, 0.6) is 0 Å². The lowest BCUT2D eigenvalue weighted by Gasteiger charge is -2.17. The van der Waals surface area contributed by atoms with Crippen molar-refractivity contribution in [2.75, 3.05) is 5.32 Å². The molecule has 0 aliphatic heterocycles. The zero-order valence-corrected chi connectivity index (χ0v) is 17.7. The molecule has 0 unspecified atom stereocenters. The van der Waals surface area contributed by atoms with Gasteiger partial charge < -0.3 is 10.4 Å². The highest BCUT2D eigenvalue weighted by molar-refractivity contribution is 7.97. The molecule has 1 aromatic heterocycles. The molecule has 2 aromatic rings. The molecule has 0 saturated carbocycles. The van der Waals surface area contributed by atoms with Crippen LogP contribution >= 0.6 is 11.9 Å². The van der Waals surface area contributed by atoms with E-state index in [9.17, 15) is 15.2 Å². The Kier molecular flexibility index (Phi) is 5.05. The number of hydrogen-bond acceptors (Lipinski definition) is 5. The Bertz CT molecular complexity index is 994. The summed E-state index contributed by atoms with van der Waals surface area (Å²) in [6.07, 6.45) is 5.65. The van der Waals surface area contributed by atoms with Crippen LogP contribution in [-0.2, 0) is 38.3 Å². The molecule has 152 valence electrons. The van der Waals surface area contributed by atoms with Crippen LogP contribution in [0.4, 0.5) is 10.5 Å². The molecule has 0 saturated heterocycles. The van der Waals surface area contributed by atoms with Crippen molar-refractivity contribution in [1.29, 1.82) is 5.26 Å². The lowest BCUT2D eigenvalue weighted by atomic mass is 9.93. The second-order valence-corrected chi connectivity index (χ2v) is 9.02. The van der Waals surface area contributed by atoms with Gasteiger partial charge in [0.15, 0.2) is 0 Å². The number of urea groups is 1. The number of aromatic nitrogens is 2. The third-order valence-corrected chi connectivity index (χ3v) is 6.42. The van der Waals surface area contributed by atoms with Crippen LogP contribution in [0.2, 0.25) is 0 Å². The van der Waals surface area contributed by atoms with Gasteiger partial charge in [-0.05, 0) is 80.7 Å². The summed E-state index contributed by atoms with van der Waals surface area (Å²) in [7, 11) is 1.76. The molecule has 1 aromatic carbocycles. The molecule has 4 rings (SSSR count). The molecule has 2 aliphatic rings. The predicted molar refractivity (Wildman–Crippen MR) is 112 cm³/mol. The minimum absolute atomic E-state index is 0.307. The number of anilines is 1. The Morgan fingerprint density at radius 3 is 2.31 bits per heavy atom. The Hall–Kier alpha value is -2.50. The number of aryl methyl sites for hydroxylation is 1. The largest absolute Gasteiger partial charge is 0.384 e. The first-order chi connectivity index (χ1) is 13.8. The molecule has 0 fully saturated rings. The quantitative estimate of drug-likeness (QED) is 0.670. The number of rotatable bonds is 4. The molecule has 1 heterocycles. The second-order valence-electron chi connectivity index (χ2n) is 8.19. The average molecular weight is 412 g/mol. The van der Waals surface area contributed by atoms with Crippen LogP contribution in [0, 0.1) is 11.3 Å². The van der Waals surface area contributed by atoms with Gasteiger partial charge in [-0.1, -0.05) is 0 Å². The summed E-state index contributed by atoms with van der Waals surface area (Å²) in [6, 6.07) is 3.87. The van der Waals surface area contributed by atoms with Crippen LogP contribution < -0.4 is 10.0 Å².